The highest BCUT2D eigenvalue weighted by molar-refractivity contribution is 5.91. The maximum absolute atomic E-state index is 11.6. The number of rotatable bonds is 6. The fourth-order valence-electron chi connectivity index (χ4n) is 1.25. The number of anilines is 1. The minimum Gasteiger partial charge on any atom is -0.494 e. The number of hydrogen-bond acceptors (Lipinski definition) is 5. The van der Waals surface area contributed by atoms with Gasteiger partial charge in [0.1, 0.15) is 5.75 Å². The molecule has 0 fully saturated rings. The summed E-state index contributed by atoms with van der Waals surface area (Å²) < 4.78 is 15.1. The van der Waals surface area contributed by atoms with E-state index in [-0.39, 0.29) is 6.79 Å². The van der Waals surface area contributed by atoms with Crippen molar-refractivity contribution in [3.05, 3.63) is 23.8 Å². The summed E-state index contributed by atoms with van der Waals surface area (Å²) in [6, 6.07) is 4.79. The first-order chi connectivity index (χ1) is 8.17. The largest absolute Gasteiger partial charge is 0.494 e. The predicted molar refractivity (Wildman–Crippen MR) is 63.9 cm³/mol. The normalized spacial score (nSPS) is 10.0. The van der Waals surface area contributed by atoms with E-state index in [4.69, 9.17) is 19.9 Å². The minimum atomic E-state index is -0.480. The van der Waals surface area contributed by atoms with E-state index in [1.54, 1.807) is 12.1 Å². The van der Waals surface area contributed by atoms with E-state index in [0.717, 1.165) is 0 Å². The lowest BCUT2D eigenvalue weighted by Crippen LogP contribution is -2.09. The molecule has 0 amide bonds. The van der Waals surface area contributed by atoms with E-state index >= 15 is 0 Å². The van der Waals surface area contributed by atoms with Crippen LogP contribution in [0.1, 0.15) is 24.2 Å². The monoisotopic (exact) mass is 239 g/mol. The van der Waals surface area contributed by atoms with Crippen molar-refractivity contribution in [2.24, 2.45) is 0 Å². The molecule has 0 radical (unpaired) electrons. The van der Waals surface area contributed by atoms with E-state index in [0.29, 0.717) is 30.2 Å². The Balaban J connectivity index is 2.71. The Kier molecular flexibility index (Phi) is 5.29. The van der Waals surface area contributed by atoms with Crippen LogP contribution in [0.5, 0.6) is 5.75 Å². The molecule has 0 aliphatic heterocycles. The zero-order chi connectivity index (χ0) is 12.7. The van der Waals surface area contributed by atoms with Gasteiger partial charge < -0.3 is 19.9 Å². The van der Waals surface area contributed by atoms with Crippen LogP contribution in [0.2, 0.25) is 0 Å². The van der Waals surface area contributed by atoms with Gasteiger partial charge in [0, 0.05) is 18.4 Å². The highest BCUT2D eigenvalue weighted by Crippen LogP contribution is 2.19. The summed E-state index contributed by atoms with van der Waals surface area (Å²) in [6.07, 6.45) is 0. The Morgan fingerprint density at radius 2 is 2.00 bits per heavy atom. The van der Waals surface area contributed by atoms with E-state index in [2.05, 4.69) is 0 Å². The molecule has 2 N–H and O–H groups in total. The third-order valence-corrected chi connectivity index (χ3v) is 1.95. The van der Waals surface area contributed by atoms with E-state index < -0.39 is 5.97 Å². The highest BCUT2D eigenvalue weighted by Gasteiger charge is 2.09. The van der Waals surface area contributed by atoms with Crippen LogP contribution >= 0.6 is 0 Å². The van der Waals surface area contributed by atoms with Gasteiger partial charge >= 0.3 is 5.97 Å². The molecule has 5 nitrogen and oxygen atoms in total. The molecular formula is C12H17NO4. The van der Waals surface area contributed by atoms with Gasteiger partial charge in [-0.15, -0.1) is 0 Å². The SMILES string of the molecule is CCOCOC(=O)c1cc(N)cc(OCC)c1. The molecular weight excluding hydrogens is 222 g/mol. The van der Waals surface area contributed by atoms with Crippen molar-refractivity contribution in [1.82, 2.24) is 0 Å². The number of carbonyl (C=O) groups excluding carboxylic acids is 1. The van der Waals surface area contributed by atoms with Crippen molar-refractivity contribution in [2.45, 2.75) is 13.8 Å². The first kappa shape index (κ1) is 13.3. The zero-order valence-electron chi connectivity index (χ0n) is 10.1. The van der Waals surface area contributed by atoms with Gasteiger partial charge in [-0.25, -0.2) is 4.79 Å². The van der Waals surface area contributed by atoms with E-state index in [1.165, 1.54) is 6.07 Å². The Hall–Kier alpha value is -1.75. The second-order valence-electron chi connectivity index (χ2n) is 3.27. The molecule has 5 heteroatoms. The third-order valence-electron chi connectivity index (χ3n) is 1.95. The molecule has 0 heterocycles. The molecule has 17 heavy (non-hydrogen) atoms. The van der Waals surface area contributed by atoms with Gasteiger partial charge in [-0.2, -0.15) is 0 Å². The van der Waals surface area contributed by atoms with Crippen molar-refractivity contribution < 1.29 is 19.0 Å². The van der Waals surface area contributed by atoms with Crippen LogP contribution in [0.25, 0.3) is 0 Å². The molecule has 0 bridgehead atoms. The Bertz CT molecular complexity index is 379. The van der Waals surface area contributed by atoms with Gasteiger partial charge in [0.15, 0.2) is 6.79 Å². The van der Waals surface area contributed by atoms with Crippen molar-refractivity contribution in [1.29, 1.82) is 0 Å². The fraction of sp³-hybridized carbons (Fsp3) is 0.417. The average Bonchev–Trinajstić information content (AvgIpc) is 2.29. The van der Waals surface area contributed by atoms with Crippen molar-refractivity contribution in [2.75, 3.05) is 25.7 Å². The van der Waals surface area contributed by atoms with Gasteiger partial charge in [0.2, 0.25) is 0 Å². The smallest absolute Gasteiger partial charge is 0.340 e. The van der Waals surface area contributed by atoms with Crippen molar-refractivity contribution in [3.63, 3.8) is 0 Å². The van der Waals surface area contributed by atoms with E-state index in [1.807, 2.05) is 13.8 Å². The number of nitrogens with two attached hydrogens (primary N) is 1. The third kappa shape index (κ3) is 4.32. The number of ether oxygens (including phenoxy) is 3. The van der Waals surface area contributed by atoms with Gasteiger partial charge in [0.05, 0.1) is 12.2 Å². The van der Waals surface area contributed by atoms with Crippen LogP contribution in [0, 0.1) is 0 Å². The van der Waals surface area contributed by atoms with Gasteiger partial charge in [0.25, 0.3) is 0 Å². The topological polar surface area (TPSA) is 70.8 Å². The van der Waals surface area contributed by atoms with Crippen molar-refractivity contribution >= 4 is 11.7 Å². The second kappa shape index (κ2) is 6.75. The van der Waals surface area contributed by atoms with Crippen LogP contribution in [0.3, 0.4) is 0 Å². The Morgan fingerprint density at radius 1 is 1.24 bits per heavy atom. The lowest BCUT2D eigenvalue weighted by molar-refractivity contribution is -0.0274. The predicted octanol–water partition coefficient (Wildman–Crippen LogP) is 1.82. The van der Waals surface area contributed by atoms with Crippen LogP contribution in [0.4, 0.5) is 5.69 Å². The number of nitrogen functional groups attached to an aromatic ring is 1. The van der Waals surface area contributed by atoms with Crippen LogP contribution in [0.15, 0.2) is 18.2 Å². The van der Waals surface area contributed by atoms with Crippen LogP contribution in [-0.4, -0.2) is 26.0 Å². The van der Waals surface area contributed by atoms with E-state index in [9.17, 15) is 4.79 Å². The molecule has 0 aromatic heterocycles. The summed E-state index contributed by atoms with van der Waals surface area (Å²) in [4.78, 5) is 11.6. The molecule has 94 valence electrons. The molecule has 1 aromatic rings. The molecule has 0 saturated carbocycles. The van der Waals surface area contributed by atoms with Gasteiger partial charge in [-0.3, -0.25) is 0 Å². The summed E-state index contributed by atoms with van der Waals surface area (Å²) in [6.45, 7) is 4.62. The average molecular weight is 239 g/mol. The number of carbonyl (C=O) groups is 1. The summed E-state index contributed by atoms with van der Waals surface area (Å²) in [5.41, 5.74) is 6.48. The quantitative estimate of drug-likeness (QED) is 0.355. The van der Waals surface area contributed by atoms with Gasteiger partial charge in [-0.05, 0) is 26.0 Å². The molecule has 1 rings (SSSR count). The summed E-state index contributed by atoms with van der Waals surface area (Å²) in [5.74, 6) is 0.0718. The molecule has 0 aliphatic carbocycles. The molecule has 0 spiro atoms. The number of benzene rings is 1. The van der Waals surface area contributed by atoms with Gasteiger partial charge in [-0.1, -0.05) is 0 Å². The first-order valence-electron chi connectivity index (χ1n) is 5.45. The molecule has 0 saturated heterocycles. The molecule has 0 atom stereocenters. The Morgan fingerprint density at radius 3 is 2.65 bits per heavy atom. The maximum Gasteiger partial charge on any atom is 0.340 e. The molecule has 1 aromatic carbocycles. The maximum atomic E-state index is 11.6. The number of esters is 1. The van der Waals surface area contributed by atoms with Crippen LogP contribution in [-0.2, 0) is 9.47 Å². The first-order valence-corrected chi connectivity index (χ1v) is 5.45. The second-order valence-corrected chi connectivity index (χ2v) is 3.27. The summed E-state index contributed by atoms with van der Waals surface area (Å²) in [7, 11) is 0. The highest BCUT2D eigenvalue weighted by atomic mass is 16.7. The summed E-state index contributed by atoms with van der Waals surface area (Å²) in [5, 5.41) is 0. The van der Waals surface area contributed by atoms with Crippen molar-refractivity contribution in [3.8, 4) is 5.75 Å². The number of hydrogen-bond donors (Lipinski definition) is 1. The molecule has 0 aliphatic rings. The minimum absolute atomic E-state index is 0.0614. The molecule has 0 unspecified atom stereocenters. The standard InChI is InChI=1S/C12H17NO4/c1-3-15-8-17-12(14)9-5-10(13)7-11(6-9)16-4-2/h5-7H,3-4,8,13H2,1-2H3. The lowest BCUT2D eigenvalue weighted by atomic mass is 10.2. The zero-order valence-corrected chi connectivity index (χ0v) is 10.1. The lowest BCUT2D eigenvalue weighted by Gasteiger charge is -2.08. The Labute approximate surface area is 100 Å². The summed E-state index contributed by atoms with van der Waals surface area (Å²) >= 11 is 0. The fourth-order valence-corrected chi connectivity index (χ4v) is 1.25. The van der Waals surface area contributed by atoms with Crippen LogP contribution < -0.4 is 10.5 Å².